The number of hydrazine groups is 1. The predicted molar refractivity (Wildman–Crippen MR) is 34.0 cm³/mol. The van der Waals surface area contributed by atoms with Gasteiger partial charge in [0.05, 0.1) is 0 Å². The third-order valence-electron chi connectivity index (χ3n) is 1.64. The van der Waals surface area contributed by atoms with Crippen LogP contribution in [0.2, 0.25) is 0 Å². The van der Waals surface area contributed by atoms with Gasteiger partial charge in [-0.1, -0.05) is 6.42 Å². The molecule has 2 N–H and O–H groups in total. The summed E-state index contributed by atoms with van der Waals surface area (Å²) in [5, 5.41) is 0. The lowest BCUT2D eigenvalue weighted by molar-refractivity contribution is 0.228. The van der Waals surface area contributed by atoms with E-state index in [9.17, 15) is 8.42 Å². The average molecular weight is 150 g/mol. The molecule has 0 aromatic carbocycles. The second-order valence-corrected chi connectivity index (χ2v) is 3.14. The Labute approximate surface area is 55.7 Å². The van der Waals surface area contributed by atoms with Gasteiger partial charge in [0.2, 0.25) is 10.9 Å². The Morgan fingerprint density at radius 1 is 1.44 bits per heavy atom. The van der Waals surface area contributed by atoms with Gasteiger partial charge in [0, 0.05) is 6.04 Å². The smallest absolute Gasteiger partial charge is 0.216 e. The van der Waals surface area contributed by atoms with Crippen molar-refractivity contribution in [3.63, 3.8) is 0 Å². The number of hydrogen-bond donors (Lipinski definition) is 2. The summed E-state index contributed by atoms with van der Waals surface area (Å²) in [6.07, 6.45) is 2.93. The van der Waals surface area contributed by atoms with Gasteiger partial charge in [-0.05, 0) is 12.8 Å². The lowest BCUT2D eigenvalue weighted by Crippen LogP contribution is -2.43. The van der Waals surface area contributed by atoms with Crippen molar-refractivity contribution < 1.29 is 8.42 Å². The highest BCUT2D eigenvalue weighted by molar-refractivity contribution is 7.69. The summed E-state index contributed by atoms with van der Waals surface area (Å²) in [5.41, 5.74) is 0. The summed E-state index contributed by atoms with van der Waals surface area (Å²) >= 11 is 0. The van der Waals surface area contributed by atoms with Crippen LogP contribution in [-0.4, -0.2) is 18.9 Å². The van der Waals surface area contributed by atoms with Gasteiger partial charge in [-0.3, -0.25) is 5.84 Å². The zero-order chi connectivity index (χ0) is 6.85. The van der Waals surface area contributed by atoms with Crippen molar-refractivity contribution in [2.24, 2.45) is 5.84 Å². The summed E-state index contributed by atoms with van der Waals surface area (Å²) in [6.45, 7) is 0. The molecule has 0 radical (unpaired) electrons. The molecule has 0 unspecified atom stereocenters. The second-order valence-electron chi connectivity index (χ2n) is 2.20. The minimum absolute atomic E-state index is 0.0890. The van der Waals surface area contributed by atoms with Gasteiger partial charge in [-0.2, -0.15) is 0 Å². The number of thiol groups is 1. The normalized spacial score (nSPS) is 20.8. The van der Waals surface area contributed by atoms with Gasteiger partial charge in [0.1, 0.15) is 0 Å². The first-order valence-corrected chi connectivity index (χ1v) is 4.03. The number of nitrogens with two attached hydrogens (primary N) is 1. The quantitative estimate of drug-likeness (QED) is 0.309. The van der Waals surface area contributed by atoms with Gasteiger partial charge in [-0.25, -0.2) is 8.42 Å². The first-order chi connectivity index (χ1) is 4.22. The van der Waals surface area contributed by atoms with E-state index in [2.05, 4.69) is 0 Å². The molecule has 0 spiro atoms. The summed E-state index contributed by atoms with van der Waals surface area (Å²) in [5.74, 6) is 5.16. The van der Waals surface area contributed by atoms with Crippen LogP contribution in [0.3, 0.4) is 0 Å². The zero-order valence-corrected chi connectivity index (χ0v) is 5.88. The van der Waals surface area contributed by atoms with Crippen molar-refractivity contribution in [2.75, 3.05) is 0 Å². The van der Waals surface area contributed by atoms with E-state index in [0.29, 0.717) is 0 Å². The molecule has 1 aliphatic carbocycles. The molecule has 0 amide bonds. The van der Waals surface area contributed by atoms with Crippen molar-refractivity contribution in [2.45, 2.75) is 25.3 Å². The minimum atomic E-state index is -2.54. The van der Waals surface area contributed by atoms with Crippen LogP contribution in [-0.2, 0) is 10.9 Å². The van der Waals surface area contributed by atoms with E-state index in [1.54, 1.807) is 0 Å². The van der Waals surface area contributed by atoms with Crippen molar-refractivity contribution >= 4 is 10.9 Å². The van der Waals surface area contributed by atoms with E-state index in [4.69, 9.17) is 5.84 Å². The topological polar surface area (TPSA) is 63.4 Å². The van der Waals surface area contributed by atoms with Crippen LogP contribution in [0.15, 0.2) is 0 Å². The van der Waals surface area contributed by atoms with Crippen molar-refractivity contribution in [1.29, 1.82) is 0 Å². The van der Waals surface area contributed by atoms with Crippen molar-refractivity contribution in [3.05, 3.63) is 0 Å². The van der Waals surface area contributed by atoms with Crippen LogP contribution in [0.5, 0.6) is 0 Å². The molecular formula is C4H10N2O2S. The average Bonchev–Trinajstić information content (AvgIpc) is 1.60. The van der Waals surface area contributed by atoms with Crippen molar-refractivity contribution in [1.82, 2.24) is 4.41 Å². The van der Waals surface area contributed by atoms with Gasteiger partial charge in [0.15, 0.2) is 0 Å². The van der Waals surface area contributed by atoms with Gasteiger partial charge in [0.25, 0.3) is 0 Å². The monoisotopic (exact) mass is 150 g/mol. The lowest BCUT2D eigenvalue weighted by Gasteiger charge is -2.29. The molecule has 0 aromatic heterocycles. The lowest BCUT2D eigenvalue weighted by atomic mass is 9.94. The third kappa shape index (κ3) is 1.41. The van der Waals surface area contributed by atoms with E-state index in [-0.39, 0.29) is 6.04 Å². The van der Waals surface area contributed by atoms with Crippen LogP contribution in [0.4, 0.5) is 0 Å². The Balaban J connectivity index is 2.41. The Hall–Kier alpha value is -0.130. The molecule has 0 heterocycles. The fourth-order valence-electron chi connectivity index (χ4n) is 0.785. The SMILES string of the molecule is NN(C1CCC1)[SH](=O)=O. The summed E-state index contributed by atoms with van der Waals surface area (Å²) < 4.78 is 21.3. The Kier molecular flexibility index (Phi) is 2.05. The molecule has 54 valence electrons. The highest BCUT2D eigenvalue weighted by atomic mass is 32.2. The second kappa shape index (κ2) is 2.64. The molecular weight excluding hydrogens is 140 g/mol. The highest BCUT2D eigenvalue weighted by Crippen LogP contribution is 2.21. The van der Waals surface area contributed by atoms with E-state index in [1.807, 2.05) is 0 Å². The maximum Gasteiger partial charge on any atom is 0.216 e. The first-order valence-electron chi connectivity index (χ1n) is 2.90. The molecule has 0 atom stereocenters. The highest BCUT2D eigenvalue weighted by Gasteiger charge is 2.23. The molecule has 4 nitrogen and oxygen atoms in total. The molecule has 0 aromatic rings. The summed E-state index contributed by atoms with van der Waals surface area (Å²) in [4.78, 5) is 0. The van der Waals surface area contributed by atoms with Gasteiger partial charge >= 0.3 is 0 Å². The van der Waals surface area contributed by atoms with Crippen molar-refractivity contribution in [3.8, 4) is 0 Å². The predicted octanol–water partition coefficient (Wildman–Crippen LogP) is -0.759. The summed E-state index contributed by atoms with van der Waals surface area (Å²) in [7, 11) is -2.54. The fraction of sp³-hybridized carbons (Fsp3) is 1.00. The molecule has 9 heavy (non-hydrogen) atoms. The van der Waals surface area contributed by atoms with E-state index in [1.165, 1.54) is 0 Å². The molecule has 1 saturated carbocycles. The van der Waals surface area contributed by atoms with Crippen LogP contribution in [0.1, 0.15) is 19.3 Å². The Morgan fingerprint density at radius 3 is 2.11 bits per heavy atom. The number of rotatable bonds is 2. The van der Waals surface area contributed by atoms with Crippen LogP contribution in [0, 0.1) is 0 Å². The molecule has 0 aliphatic heterocycles. The Bertz CT molecular complexity index is 156. The Morgan fingerprint density at radius 2 is 2.00 bits per heavy atom. The standard InChI is InChI=1S/C4H10N2O2S/c5-6(9(7)8)4-2-1-3-4/h4,9H,1-3,5H2. The minimum Gasteiger partial charge on any atom is -0.255 e. The number of hydrogen-bond acceptors (Lipinski definition) is 3. The molecule has 1 rings (SSSR count). The number of nitrogens with zero attached hydrogens (tertiary/aromatic N) is 1. The first kappa shape index (κ1) is 6.98. The van der Waals surface area contributed by atoms with E-state index >= 15 is 0 Å². The molecule has 0 bridgehead atoms. The maximum atomic E-state index is 10.2. The van der Waals surface area contributed by atoms with Crippen LogP contribution >= 0.6 is 0 Å². The van der Waals surface area contributed by atoms with Crippen LogP contribution < -0.4 is 5.84 Å². The molecule has 0 saturated heterocycles. The van der Waals surface area contributed by atoms with E-state index < -0.39 is 10.9 Å². The summed E-state index contributed by atoms with van der Waals surface area (Å²) in [6, 6.07) is 0.0890. The maximum absolute atomic E-state index is 10.2. The van der Waals surface area contributed by atoms with Crippen LogP contribution in [0.25, 0.3) is 0 Å². The molecule has 1 aliphatic rings. The fourth-order valence-corrected chi connectivity index (χ4v) is 1.28. The van der Waals surface area contributed by atoms with Gasteiger partial charge in [-0.15, -0.1) is 4.41 Å². The van der Waals surface area contributed by atoms with E-state index in [0.717, 1.165) is 23.7 Å². The molecule has 1 fully saturated rings. The largest absolute Gasteiger partial charge is 0.255 e. The third-order valence-corrected chi connectivity index (χ3v) is 2.34. The zero-order valence-electron chi connectivity index (χ0n) is 4.99. The molecule has 5 heteroatoms. The van der Waals surface area contributed by atoms with Gasteiger partial charge < -0.3 is 0 Å².